The van der Waals surface area contributed by atoms with Gasteiger partial charge in [-0.05, 0) is 25.2 Å². The van der Waals surface area contributed by atoms with Gasteiger partial charge < -0.3 is 5.11 Å². The molecule has 0 radical (unpaired) electrons. The van der Waals surface area contributed by atoms with Crippen LogP contribution in [0.3, 0.4) is 0 Å². The molecule has 0 aliphatic heterocycles. The second kappa shape index (κ2) is 5.22. The predicted octanol–water partition coefficient (Wildman–Crippen LogP) is 2.34. The molecule has 1 saturated carbocycles. The molecule has 1 nitrogen and oxygen atoms in total. The van der Waals surface area contributed by atoms with Crippen LogP contribution in [0.1, 0.15) is 44.9 Å². The average molecular weight is 166 g/mol. The van der Waals surface area contributed by atoms with Crippen LogP contribution in [0.2, 0.25) is 0 Å². The van der Waals surface area contributed by atoms with Gasteiger partial charge in [-0.1, -0.05) is 19.3 Å². The van der Waals surface area contributed by atoms with E-state index < -0.39 is 0 Å². The van der Waals surface area contributed by atoms with E-state index in [0.29, 0.717) is 0 Å². The topological polar surface area (TPSA) is 20.2 Å². The summed E-state index contributed by atoms with van der Waals surface area (Å²) in [5.41, 5.74) is 0. The van der Waals surface area contributed by atoms with Crippen LogP contribution < -0.4 is 0 Å². The molecule has 1 fully saturated rings. The lowest BCUT2D eigenvalue weighted by molar-refractivity contribution is 0.108. The van der Waals surface area contributed by atoms with Crippen LogP contribution in [0, 0.1) is 18.3 Å². The fourth-order valence-electron chi connectivity index (χ4n) is 1.67. The van der Waals surface area contributed by atoms with Crippen LogP contribution in [0.5, 0.6) is 0 Å². The Morgan fingerprint density at radius 3 is 2.75 bits per heavy atom. The van der Waals surface area contributed by atoms with Crippen molar-refractivity contribution in [3.8, 4) is 12.3 Å². The van der Waals surface area contributed by atoms with Crippen molar-refractivity contribution in [1.82, 2.24) is 0 Å². The van der Waals surface area contributed by atoms with Gasteiger partial charge in [0.05, 0.1) is 6.10 Å². The quantitative estimate of drug-likeness (QED) is 0.491. The molecule has 1 rings (SSSR count). The maximum Gasteiger partial charge on any atom is 0.0543 e. The lowest BCUT2D eigenvalue weighted by Crippen LogP contribution is -2.19. The van der Waals surface area contributed by atoms with E-state index in [2.05, 4.69) is 5.92 Å². The Balaban J connectivity index is 1.96. The molecule has 1 N–H and O–H groups in total. The standard InChI is InChI=1S/C11H18O/c1-2-3-4-8-11(12)9-10-6-5-7-10/h1,10-12H,3-9H2. The molecule has 0 aromatic heterocycles. The van der Waals surface area contributed by atoms with Crippen molar-refractivity contribution in [3.05, 3.63) is 0 Å². The third-order valence-corrected chi connectivity index (χ3v) is 2.69. The minimum absolute atomic E-state index is 0.0938. The molecular formula is C11H18O. The summed E-state index contributed by atoms with van der Waals surface area (Å²) in [6.45, 7) is 0. The van der Waals surface area contributed by atoms with Gasteiger partial charge in [0, 0.05) is 6.42 Å². The fraction of sp³-hybridized carbons (Fsp3) is 0.818. The van der Waals surface area contributed by atoms with E-state index in [1.165, 1.54) is 19.3 Å². The molecule has 1 unspecified atom stereocenters. The summed E-state index contributed by atoms with van der Waals surface area (Å²) in [4.78, 5) is 0. The second-order valence-corrected chi connectivity index (χ2v) is 3.78. The molecule has 0 saturated heterocycles. The summed E-state index contributed by atoms with van der Waals surface area (Å²) in [5.74, 6) is 3.40. The van der Waals surface area contributed by atoms with Crippen LogP contribution in [-0.4, -0.2) is 11.2 Å². The van der Waals surface area contributed by atoms with Gasteiger partial charge in [-0.2, -0.15) is 0 Å². The van der Waals surface area contributed by atoms with Crippen molar-refractivity contribution in [3.63, 3.8) is 0 Å². The van der Waals surface area contributed by atoms with Gasteiger partial charge in [0.2, 0.25) is 0 Å². The van der Waals surface area contributed by atoms with Gasteiger partial charge in [-0.3, -0.25) is 0 Å². The minimum atomic E-state index is -0.0938. The van der Waals surface area contributed by atoms with Gasteiger partial charge >= 0.3 is 0 Å². The van der Waals surface area contributed by atoms with Gasteiger partial charge in [0.15, 0.2) is 0 Å². The molecule has 0 spiro atoms. The first-order valence-corrected chi connectivity index (χ1v) is 4.94. The van der Waals surface area contributed by atoms with Gasteiger partial charge in [-0.15, -0.1) is 12.3 Å². The lowest BCUT2D eigenvalue weighted by atomic mass is 9.81. The molecule has 0 amide bonds. The molecule has 0 heterocycles. The largest absolute Gasteiger partial charge is 0.393 e. The summed E-state index contributed by atoms with van der Waals surface area (Å²) in [6.07, 6.45) is 12.7. The number of unbranched alkanes of at least 4 members (excludes halogenated alkanes) is 1. The maximum absolute atomic E-state index is 9.54. The minimum Gasteiger partial charge on any atom is -0.393 e. The second-order valence-electron chi connectivity index (χ2n) is 3.78. The van der Waals surface area contributed by atoms with E-state index in [1.54, 1.807) is 0 Å². The van der Waals surface area contributed by atoms with E-state index in [1.807, 2.05) is 0 Å². The molecule has 0 bridgehead atoms. The summed E-state index contributed by atoms with van der Waals surface area (Å²) in [6, 6.07) is 0. The molecule has 12 heavy (non-hydrogen) atoms. The molecule has 0 aromatic rings. The van der Waals surface area contributed by atoms with Crippen LogP contribution in [0.4, 0.5) is 0 Å². The number of aliphatic hydroxyl groups is 1. The summed E-state index contributed by atoms with van der Waals surface area (Å²) in [7, 11) is 0. The zero-order valence-electron chi connectivity index (χ0n) is 7.63. The van der Waals surface area contributed by atoms with E-state index in [-0.39, 0.29) is 6.10 Å². The normalized spacial score (nSPS) is 19.7. The van der Waals surface area contributed by atoms with E-state index >= 15 is 0 Å². The van der Waals surface area contributed by atoms with Gasteiger partial charge in [0.25, 0.3) is 0 Å². The van der Waals surface area contributed by atoms with E-state index in [9.17, 15) is 5.11 Å². The molecule has 1 aliphatic rings. The van der Waals surface area contributed by atoms with Gasteiger partial charge in [0.1, 0.15) is 0 Å². The smallest absolute Gasteiger partial charge is 0.0543 e. The van der Waals surface area contributed by atoms with Crippen LogP contribution in [0.25, 0.3) is 0 Å². The first kappa shape index (κ1) is 9.61. The summed E-state index contributed by atoms with van der Waals surface area (Å²) >= 11 is 0. The molecule has 0 aromatic carbocycles. The molecule has 1 atom stereocenters. The first-order chi connectivity index (χ1) is 5.83. The highest BCUT2D eigenvalue weighted by Crippen LogP contribution is 2.31. The SMILES string of the molecule is C#CCCCC(O)CC1CCC1. The molecule has 1 heteroatoms. The maximum atomic E-state index is 9.54. The zero-order chi connectivity index (χ0) is 8.81. The fourth-order valence-corrected chi connectivity index (χ4v) is 1.67. The first-order valence-electron chi connectivity index (χ1n) is 4.94. The highest BCUT2D eigenvalue weighted by molar-refractivity contribution is 4.83. The monoisotopic (exact) mass is 166 g/mol. The van der Waals surface area contributed by atoms with Crippen molar-refractivity contribution in [2.45, 2.75) is 51.0 Å². The lowest BCUT2D eigenvalue weighted by Gasteiger charge is -2.27. The van der Waals surface area contributed by atoms with E-state index in [4.69, 9.17) is 6.42 Å². The predicted molar refractivity (Wildman–Crippen MR) is 50.6 cm³/mol. The van der Waals surface area contributed by atoms with Crippen LogP contribution >= 0.6 is 0 Å². The van der Waals surface area contributed by atoms with Crippen molar-refractivity contribution >= 4 is 0 Å². The Morgan fingerprint density at radius 1 is 1.50 bits per heavy atom. The summed E-state index contributed by atoms with van der Waals surface area (Å²) < 4.78 is 0. The Bertz CT molecular complexity index is 153. The number of aliphatic hydroxyl groups excluding tert-OH is 1. The van der Waals surface area contributed by atoms with Crippen LogP contribution in [-0.2, 0) is 0 Å². The third kappa shape index (κ3) is 3.28. The Kier molecular flexibility index (Phi) is 4.18. The third-order valence-electron chi connectivity index (χ3n) is 2.69. The number of hydrogen-bond acceptors (Lipinski definition) is 1. The van der Waals surface area contributed by atoms with Crippen molar-refractivity contribution < 1.29 is 5.11 Å². The Labute approximate surface area is 75.2 Å². The van der Waals surface area contributed by atoms with Gasteiger partial charge in [-0.25, -0.2) is 0 Å². The Morgan fingerprint density at radius 2 is 2.25 bits per heavy atom. The summed E-state index contributed by atoms with van der Waals surface area (Å²) in [5, 5.41) is 9.54. The number of terminal acetylenes is 1. The van der Waals surface area contributed by atoms with Crippen LogP contribution in [0.15, 0.2) is 0 Å². The number of hydrogen-bond donors (Lipinski definition) is 1. The highest BCUT2D eigenvalue weighted by atomic mass is 16.3. The molecule has 1 aliphatic carbocycles. The number of rotatable bonds is 5. The zero-order valence-corrected chi connectivity index (χ0v) is 7.63. The van der Waals surface area contributed by atoms with Crippen molar-refractivity contribution in [1.29, 1.82) is 0 Å². The van der Waals surface area contributed by atoms with Crippen molar-refractivity contribution in [2.75, 3.05) is 0 Å². The molecular weight excluding hydrogens is 148 g/mol. The molecule has 68 valence electrons. The van der Waals surface area contributed by atoms with Crippen molar-refractivity contribution in [2.24, 2.45) is 5.92 Å². The average Bonchev–Trinajstić information content (AvgIpc) is 1.98. The Hall–Kier alpha value is -0.480. The highest BCUT2D eigenvalue weighted by Gasteiger charge is 2.20. The van der Waals surface area contributed by atoms with E-state index in [0.717, 1.165) is 31.6 Å².